The van der Waals surface area contributed by atoms with Crippen LogP contribution < -0.4 is 0 Å². The molecule has 0 bridgehead atoms. The molecule has 0 aliphatic rings. The quantitative estimate of drug-likeness (QED) is 0.739. The molecule has 0 aliphatic carbocycles. The summed E-state index contributed by atoms with van der Waals surface area (Å²) in [5.41, 5.74) is 2.30. The second kappa shape index (κ2) is 3.64. The molecule has 66 valence electrons. The standard InChI is InChI=1S/C7H9NO3S/c1-4-7(12-3-8-4)5(9)2-6(10)11/h3,5,9H,2H2,1H3,(H,10,11)/t5-/m1/s1. The summed E-state index contributed by atoms with van der Waals surface area (Å²) in [6, 6.07) is 0. The second-order valence-corrected chi connectivity index (χ2v) is 3.30. The van der Waals surface area contributed by atoms with Gasteiger partial charge in [-0.25, -0.2) is 4.98 Å². The third-order valence-electron chi connectivity index (χ3n) is 1.45. The van der Waals surface area contributed by atoms with Crippen molar-refractivity contribution in [1.29, 1.82) is 0 Å². The SMILES string of the molecule is Cc1ncsc1[C@H](O)CC(=O)O. The molecule has 1 atom stereocenters. The Bertz CT molecular complexity index is 284. The van der Waals surface area contributed by atoms with Gasteiger partial charge in [0.25, 0.3) is 0 Å². The molecule has 1 aromatic heterocycles. The largest absolute Gasteiger partial charge is 0.481 e. The first-order valence-corrected chi connectivity index (χ1v) is 4.29. The van der Waals surface area contributed by atoms with E-state index in [-0.39, 0.29) is 6.42 Å². The van der Waals surface area contributed by atoms with Crippen LogP contribution in [-0.2, 0) is 4.79 Å². The van der Waals surface area contributed by atoms with Crippen LogP contribution >= 0.6 is 11.3 Å². The average molecular weight is 187 g/mol. The normalized spacial score (nSPS) is 12.8. The van der Waals surface area contributed by atoms with E-state index in [1.54, 1.807) is 12.4 Å². The molecule has 0 radical (unpaired) electrons. The van der Waals surface area contributed by atoms with E-state index in [2.05, 4.69) is 4.98 Å². The highest BCUT2D eigenvalue weighted by Crippen LogP contribution is 2.23. The summed E-state index contributed by atoms with van der Waals surface area (Å²) in [5, 5.41) is 17.7. The van der Waals surface area contributed by atoms with Gasteiger partial charge >= 0.3 is 5.97 Å². The summed E-state index contributed by atoms with van der Waals surface area (Å²) >= 11 is 1.28. The van der Waals surface area contributed by atoms with E-state index in [9.17, 15) is 9.90 Å². The van der Waals surface area contributed by atoms with Crippen molar-refractivity contribution in [1.82, 2.24) is 4.98 Å². The number of thiazole rings is 1. The summed E-state index contributed by atoms with van der Waals surface area (Å²) in [6.07, 6.45) is -1.18. The number of carboxylic acid groups (broad SMARTS) is 1. The van der Waals surface area contributed by atoms with E-state index >= 15 is 0 Å². The lowest BCUT2D eigenvalue weighted by Gasteiger charge is -2.04. The fourth-order valence-corrected chi connectivity index (χ4v) is 1.68. The summed E-state index contributed by atoms with van der Waals surface area (Å²) in [7, 11) is 0. The van der Waals surface area contributed by atoms with Crippen LogP contribution in [0.25, 0.3) is 0 Å². The molecule has 0 aliphatic heterocycles. The smallest absolute Gasteiger partial charge is 0.306 e. The Labute approximate surface area is 73.5 Å². The van der Waals surface area contributed by atoms with Crippen molar-refractivity contribution < 1.29 is 15.0 Å². The Kier molecular flexibility index (Phi) is 2.78. The first kappa shape index (κ1) is 9.15. The zero-order chi connectivity index (χ0) is 9.14. The van der Waals surface area contributed by atoms with Crippen molar-refractivity contribution in [2.75, 3.05) is 0 Å². The van der Waals surface area contributed by atoms with Crippen molar-refractivity contribution in [3.8, 4) is 0 Å². The number of aryl methyl sites for hydroxylation is 1. The third-order valence-corrected chi connectivity index (χ3v) is 2.49. The minimum atomic E-state index is -1.00. The maximum Gasteiger partial charge on any atom is 0.306 e. The molecule has 1 aromatic rings. The zero-order valence-electron chi connectivity index (χ0n) is 6.52. The van der Waals surface area contributed by atoms with Crippen LogP contribution in [-0.4, -0.2) is 21.2 Å². The van der Waals surface area contributed by atoms with Crippen LogP contribution in [0.15, 0.2) is 5.51 Å². The molecule has 12 heavy (non-hydrogen) atoms. The van der Waals surface area contributed by atoms with Crippen LogP contribution in [0.5, 0.6) is 0 Å². The fraction of sp³-hybridized carbons (Fsp3) is 0.429. The number of carbonyl (C=O) groups is 1. The van der Waals surface area contributed by atoms with Gasteiger partial charge in [-0.1, -0.05) is 0 Å². The highest BCUT2D eigenvalue weighted by atomic mass is 32.1. The lowest BCUT2D eigenvalue weighted by atomic mass is 10.2. The number of aliphatic hydroxyl groups excluding tert-OH is 1. The van der Waals surface area contributed by atoms with Gasteiger partial charge in [-0.2, -0.15) is 0 Å². The molecule has 0 amide bonds. The highest BCUT2D eigenvalue weighted by Gasteiger charge is 2.15. The van der Waals surface area contributed by atoms with Crippen molar-refractivity contribution in [3.05, 3.63) is 16.1 Å². The number of hydrogen-bond donors (Lipinski definition) is 2. The van der Waals surface area contributed by atoms with Gasteiger partial charge in [0.2, 0.25) is 0 Å². The minimum Gasteiger partial charge on any atom is -0.481 e. The van der Waals surface area contributed by atoms with E-state index < -0.39 is 12.1 Å². The van der Waals surface area contributed by atoms with Crippen LogP contribution in [0.1, 0.15) is 23.1 Å². The molecule has 4 nitrogen and oxygen atoms in total. The van der Waals surface area contributed by atoms with Gasteiger partial charge in [-0.05, 0) is 6.92 Å². The molecular formula is C7H9NO3S. The van der Waals surface area contributed by atoms with Crippen molar-refractivity contribution in [2.45, 2.75) is 19.4 Å². The lowest BCUT2D eigenvalue weighted by molar-refractivity contribution is -0.139. The number of aliphatic hydroxyl groups is 1. The van der Waals surface area contributed by atoms with Crippen LogP contribution in [0.2, 0.25) is 0 Å². The van der Waals surface area contributed by atoms with Gasteiger partial charge < -0.3 is 10.2 Å². The second-order valence-electron chi connectivity index (χ2n) is 2.42. The number of aliphatic carboxylic acids is 1. The molecule has 0 fully saturated rings. The van der Waals surface area contributed by atoms with Gasteiger partial charge in [0.15, 0.2) is 0 Å². The van der Waals surface area contributed by atoms with Crippen molar-refractivity contribution in [2.24, 2.45) is 0 Å². The van der Waals surface area contributed by atoms with Crippen LogP contribution in [0, 0.1) is 6.92 Å². The lowest BCUT2D eigenvalue weighted by Crippen LogP contribution is -2.04. The van der Waals surface area contributed by atoms with Crippen LogP contribution in [0.3, 0.4) is 0 Å². The molecule has 0 saturated heterocycles. The monoisotopic (exact) mass is 187 g/mol. The Morgan fingerprint density at radius 1 is 1.83 bits per heavy atom. The van der Waals surface area contributed by atoms with E-state index in [0.29, 0.717) is 10.6 Å². The van der Waals surface area contributed by atoms with Crippen LogP contribution in [0.4, 0.5) is 0 Å². The number of rotatable bonds is 3. The van der Waals surface area contributed by atoms with E-state index in [1.165, 1.54) is 11.3 Å². The predicted molar refractivity (Wildman–Crippen MR) is 44.1 cm³/mol. The Hall–Kier alpha value is -0.940. The molecule has 1 rings (SSSR count). The molecular weight excluding hydrogens is 178 g/mol. The number of aromatic nitrogens is 1. The molecule has 0 unspecified atom stereocenters. The molecule has 2 N–H and O–H groups in total. The van der Waals surface area contributed by atoms with Crippen molar-refractivity contribution in [3.63, 3.8) is 0 Å². The molecule has 1 heterocycles. The minimum absolute atomic E-state index is 0.261. The van der Waals surface area contributed by atoms with Gasteiger partial charge in [0.05, 0.1) is 22.5 Å². The van der Waals surface area contributed by atoms with E-state index in [0.717, 1.165) is 0 Å². The van der Waals surface area contributed by atoms with Gasteiger partial charge in [-0.15, -0.1) is 11.3 Å². The molecule has 0 spiro atoms. The maximum atomic E-state index is 10.2. The fourth-order valence-electron chi connectivity index (χ4n) is 0.889. The number of carboxylic acids is 1. The summed E-state index contributed by atoms with van der Waals surface area (Å²) < 4.78 is 0. The first-order valence-electron chi connectivity index (χ1n) is 3.41. The molecule has 5 heteroatoms. The Balaban J connectivity index is 2.71. The molecule has 0 saturated carbocycles. The Morgan fingerprint density at radius 3 is 2.92 bits per heavy atom. The molecule has 0 aromatic carbocycles. The van der Waals surface area contributed by atoms with Gasteiger partial charge in [0.1, 0.15) is 6.10 Å². The summed E-state index contributed by atoms with van der Waals surface area (Å²) in [5.74, 6) is -1.00. The van der Waals surface area contributed by atoms with Gasteiger partial charge in [0, 0.05) is 0 Å². The topological polar surface area (TPSA) is 70.4 Å². The summed E-state index contributed by atoms with van der Waals surface area (Å²) in [6.45, 7) is 1.75. The third kappa shape index (κ3) is 2.02. The summed E-state index contributed by atoms with van der Waals surface area (Å²) in [4.78, 5) is 14.8. The highest BCUT2D eigenvalue weighted by molar-refractivity contribution is 7.09. The average Bonchev–Trinajstić information content (AvgIpc) is 2.33. The number of hydrogen-bond acceptors (Lipinski definition) is 4. The zero-order valence-corrected chi connectivity index (χ0v) is 7.34. The van der Waals surface area contributed by atoms with E-state index in [1.807, 2.05) is 0 Å². The maximum absolute atomic E-state index is 10.2. The predicted octanol–water partition coefficient (Wildman–Crippen LogP) is 0.960. The first-order chi connectivity index (χ1) is 5.61. The number of nitrogens with zero attached hydrogens (tertiary/aromatic N) is 1. The Morgan fingerprint density at radius 2 is 2.50 bits per heavy atom. The van der Waals surface area contributed by atoms with Crippen molar-refractivity contribution >= 4 is 17.3 Å². The van der Waals surface area contributed by atoms with Gasteiger partial charge in [-0.3, -0.25) is 4.79 Å². The van der Waals surface area contributed by atoms with E-state index in [4.69, 9.17) is 5.11 Å².